The lowest BCUT2D eigenvalue weighted by Crippen LogP contribution is -2.47. The molecule has 2 heterocycles. The van der Waals surface area contributed by atoms with Gasteiger partial charge >= 0.3 is 0 Å². The molecule has 0 aromatic rings. The number of ether oxygens (including phenoxy) is 3. The maximum Gasteiger partial charge on any atom is 0.194 e. The van der Waals surface area contributed by atoms with Crippen LogP contribution in [0.5, 0.6) is 0 Å². The second kappa shape index (κ2) is 3.51. The number of epoxide rings is 1. The quantitative estimate of drug-likeness (QED) is 0.645. The van der Waals surface area contributed by atoms with Crippen molar-refractivity contribution in [1.29, 1.82) is 0 Å². The van der Waals surface area contributed by atoms with Crippen LogP contribution >= 0.6 is 0 Å². The van der Waals surface area contributed by atoms with Crippen LogP contribution in [0.15, 0.2) is 23.3 Å². The van der Waals surface area contributed by atoms with E-state index >= 15 is 0 Å². The highest BCUT2D eigenvalue weighted by Crippen LogP contribution is 2.43. The summed E-state index contributed by atoms with van der Waals surface area (Å²) in [5.41, 5.74) is 1.62. The van der Waals surface area contributed by atoms with E-state index < -0.39 is 5.79 Å². The van der Waals surface area contributed by atoms with Crippen LogP contribution in [0, 0.1) is 0 Å². The Balaban J connectivity index is 2.00. The first-order valence-electron chi connectivity index (χ1n) is 5.91. The van der Waals surface area contributed by atoms with Crippen molar-refractivity contribution in [3.63, 3.8) is 0 Å². The molecule has 4 nitrogen and oxygen atoms in total. The number of hydrogen-bond donors (Lipinski definition) is 0. The molecule has 0 aromatic heterocycles. The van der Waals surface area contributed by atoms with Crippen LogP contribution in [0.1, 0.15) is 20.8 Å². The van der Waals surface area contributed by atoms with Crippen LogP contribution in [0.2, 0.25) is 0 Å². The van der Waals surface area contributed by atoms with E-state index in [2.05, 4.69) is 0 Å². The zero-order valence-corrected chi connectivity index (χ0v) is 10.2. The number of allylic oxidation sites excluding steroid dienone is 2. The molecule has 1 aliphatic carbocycles. The smallest absolute Gasteiger partial charge is 0.194 e. The van der Waals surface area contributed by atoms with Crippen molar-refractivity contribution in [1.82, 2.24) is 0 Å². The summed E-state index contributed by atoms with van der Waals surface area (Å²) >= 11 is 0. The molecule has 3 rings (SSSR count). The van der Waals surface area contributed by atoms with Gasteiger partial charge in [-0.1, -0.05) is 12.2 Å². The fraction of sp³-hybridized carbons (Fsp3) is 0.615. The first kappa shape index (κ1) is 11.1. The largest absolute Gasteiger partial charge is 0.358 e. The van der Waals surface area contributed by atoms with Crippen molar-refractivity contribution in [2.45, 2.75) is 44.9 Å². The molecule has 4 heteroatoms. The summed E-state index contributed by atoms with van der Waals surface area (Å²) in [5.74, 6) is -0.544. The molecule has 0 unspecified atom stereocenters. The van der Waals surface area contributed by atoms with Gasteiger partial charge in [0.15, 0.2) is 11.6 Å². The maximum absolute atomic E-state index is 12.0. The Bertz CT molecular complexity index is 433. The Morgan fingerprint density at radius 3 is 2.82 bits per heavy atom. The van der Waals surface area contributed by atoms with Crippen LogP contribution in [-0.2, 0) is 19.0 Å². The Labute approximate surface area is 100 Å². The van der Waals surface area contributed by atoms with Gasteiger partial charge in [0.1, 0.15) is 18.3 Å². The number of rotatable bonds is 1. The van der Waals surface area contributed by atoms with E-state index in [9.17, 15) is 4.79 Å². The number of carbonyl (C=O) groups is 1. The second-order valence-electron chi connectivity index (χ2n) is 5.05. The predicted octanol–water partition coefficient (Wildman–Crippen LogP) is 1.36. The highest BCUT2D eigenvalue weighted by Gasteiger charge is 2.58. The SMILES string of the molecule is C/C=C/C1=C2COC(C)(C)O[C@@H]2[C@H]2O[C@H]2C1=O. The Kier molecular flexibility index (Phi) is 2.30. The Morgan fingerprint density at radius 2 is 2.12 bits per heavy atom. The van der Waals surface area contributed by atoms with Crippen LogP contribution in [0.4, 0.5) is 0 Å². The van der Waals surface area contributed by atoms with Crippen molar-refractivity contribution < 1.29 is 19.0 Å². The van der Waals surface area contributed by atoms with E-state index in [-0.39, 0.29) is 24.1 Å². The van der Waals surface area contributed by atoms with E-state index in [4.69, 9.17) is 14.2 Å². The highest BCUT2D eigenvalue weighted by molar-refractivity contribution is 6.05. The van der Waals surface area contributed by atoms with Crippen molar-refractivity contribution >= 4 is 5.78 Å². The number of carbonyl (C=O) groups excluding carboxylic acids is 1. The molecule has 0 spiro atoms. The topological polar surface area (TPSA) is 48.1 Å². The minimum atomic E-state index is -0.605. The molecule has 3 aliphatic rings. The molecule has 0 N–H and O–H groups in total. The molecule has 0 aromatic carbocycles. The first-order valence-corrected chi connectivity index (χ1v) is 5.91. The third-order valence-corrected chi connectivity index (χ3v) is 3.36. The Morgan fingerprint density at radius 1 is 1.35 bits per heavy atom. The van der Waals surface area contributed by atoms with Gasteiger partial charge in [-0.15, -0.1) is 0 Å². The number of hydrogen-bond acceptors (Lipinski definition) is 4. The van der Waals surface area contributed by atoms with Gasteiger partial charge in [-0.2, -0.15) is 0 Å². The van der Waals surface area contributed by atoms with Crippen molar-refractivity contribution in [2.75, 3.05) is 6.61 Å². The summed E-state index contributed by atoms with van der Waals surface area (Å²) in [4.78, 5) is 12.0. The van der Waals surface area contributed by atoms with Crippen LogP contribution < -0.4 is 0 Å². The molecule has 17 heavy (non-hydrogen) atoms. The van der Waals surface area contributed by atoms with Gasteiger partial charge in [-0.05, 0) is 26.3 Å². The van der Waals surface area contributed by atoms with E-state index in [1.165, 1.54) is 0 Å². The van der Waals surface area contributed by atoms with Crippen molar-refractivity contribution in [3.05, 3.63) is 23.3 Å². The summed E-state index contributed by atoms with van der Waals surface area (Å²) in [6, 6.07) is 0. The van der Waals surface area contributed by atoms with Crippen molar-refractivity contribution in [2.24, 2.45) is 0 Å². The van der Waals surface area contributed by atoms with Gasteiger partial charge in [-0.25, -0.2) is 0 Å². The monoisotopic (exact) mass is 236 g/mol. The van der Waals surface area contributed by atoms with Gasteiger partial charge in [-0.3, -0.25) is 4.79 Å². The van der Waals surface area contributed by atoms with Gasteiger partial charge in [0, 0.05) is 5.57 Å². The van der Waals surface area contributed by atoms with Gasteiger partial charge in [0.2, 0.25) is 0 Å². The van der Waals surface area contributed by atoms with E-state index in [1.807, 2.05) is 32.9 Å². The molecule has 3 atom stereocenters. The molecular weight excluding hydrogens is 220 g/mol. The van der Waals surface area contributed by atoms with E-state index in [0.717, 1.165) is 5.57 Å². The Hall–Kier alpha value is -0.970. The van der Waals surface area contributed by atoms with Crippen LogP contribution in [-0.4, -0.2) is 36.5 Å². The minimum Gasteiger partial charge on any atom is -0.358 e. The lowest BCUT2D eigenvalue weighted by molar-refractivity contribution is -0.255. The molecule has 0 radical (unpaired) electrons. The molecule has 2 saturated heterocycles. The average molecular weight is 236 g/mol. The van der Waals surface area contributed by atoms with E-state index in [0.29, 0.717) is 12.2 Å². The van der Waals surface area contributed by atoms with Gasteiger partial charge in [0.05, 0.1) is 6.61 Å². The summed E-state index contributed by atoms with van der Waals surface area (Å²) in [7, 11) is 0. The standard InChI is InChI=1S/C13H16O4/c1-4-5-7-8-6-15-13(2,3)17-10(8)12-11(16-12)9(7)14/h4-5,10-12H,6H2,1-3H3/b5-4+/t10-,11-,12+/m0/s1. The summed E-state index contributed by atoms with van der Waals surface area (Å²) < 4.78 is 16.9. The fourth-order valence-electron chi connectivity index (χ4n) is 2.47. The van der Waals surface area contributed by atoms with Gasteiger partial charge < -0.3 is 14.2 Å². The molecule has 0 saturated carbocycles. The van der Waals surface area contributed by atoms with Crippen molar-refractivity contribution in [3.8, 4) is 0 Å². The van der Waals surface area contributed by atoms with Crippen LogP contribution in [0.25, 0.3) is 0 Å². The lowest BCUT2D eigenvalue weighted by Gasteiger charge is -2.39. The number of Topliss-reactive ketones (excluding diaryl/α,β-unsaturated/α-hetero) is 1. The normalized spacial score (nSPS) is 39.2. The zero-order valence-electron chi connectivity index (χ0n) is 10.2. The molecule has 0 amide bonds. The summed E-state index contributed by atoms with van der Waals surface area (Å²) in [5, 5.41) is 0. The number of fused-ring (bicyclic) bond motifs is 3. The average Bonchev–Trinajstić information content (AvgIpc) is 3.03. The predicted molar refractivity (Wildman–Crippen MR) is 60.4 cm³/mol. The van der Waals surface area contributed by atoms with E-state index in [1.54, 1.807) is 0 Å². The lowest BCUT2D eigenvalue weighted by atomic mass is 9.87. The fourth-order valence-corrected chi connectivity index (χ4v) is 2.47. The maximum atomic E-state index is 12.0. The second-order valence-corrected chi connectivity index (χ2v) is 5.05. The molecule has 0 bridgehead atoms. The van der Waals surface area contributed by atoms with Crippen LogP contribution in [0.3, 0.4) is 0 Å². The highest BCUT2D eigenvalue weighted by atomic mass is 16.7. The third-order valence-electron chi connectivity index (χ3n) is 3.36. The molecular formula is C13H16O4. The summed E-state index contributed by atoms with van der Waals surface area (Å²) in [6.07, 6.45) is 3.15. The summed E-state index contributed by atoms with van der Waals surface area (Å²) in [6.45, 7) is 6.10. The molecule has 2 aliphatic heterocycles. The molecule has 92 valence electrons. The first-order chi connectivity index (χ1) is 8.03. The molecule has 2 fully saturated rings. The van der Waals surface area contributed by atoms with Gasteiger partial charge in [0.25, 0.3) is 0 Å². The number of ketones is 1. The zero-order chi connectivity index (χ0) is 12.2. The minimum absolute atomic E-state index is 0.0613. The third kappa shape index (κ3) is 1.68.